The molecule has 5 nitrogen and oxygen atoms in total. The first-order chi connectivity index (χ1) is 8.97. The van der Waals surface area contributed by atoms with Crippen LogP contribution >= 0.6 is 0 Å². The summed E-state index contributed by atoms with van der Waals surface area (Å²) in [5.74, 6) is -1.14. The smallest absolute Gasteiger partial charge is 0.335 e. The van der Waals surface area contributed by atoms with E-state index < -0.39 is 5.97 Å². The Kier molecular flexibility index (Phi) is 5.51. The van der Waals surface area contributed by atoms with Crippen LogP contribution in [0.2, 0.25) is 0 Å². The Morgan fingerprint density at radius 3 is 2.58 bits per heavy atom. The summed E-state index contributed by atoms with van der Waals surface area (Å²) in [6.45, 7) is 2.33. The highest BCUT2D eigenvalue weighted by molar-refractivity contribution is 5.91. The van der Waals surface area contributed by atoms with Crippen LogP contribution in [0.1, 0.15) is 22.8 Å². The Morgan fingerprint density at radius 2 is 2.00 bits per heavy atom. The molecule has 0 aliphatic heterocycles. The molecular formula is C14H19NO4. The van der Waals surface area contributed by atoms with Crippen LogP contribution in [-0.2, 0) is 16.0 Å². The molecule has 1 N–H and O–H groups in total. The van der Waals surface area contributed by atoms with Crippen LogP contribution in [0.5, 0.6) is 0 Å². The van der Waals surface area contributed by atoms with E-state index in [-0.39, 0.29) is 23.9 Å². The monoisotopic (exact) mass is 265 g/mol. The molecule has 1 unspecified atom stereocenters. The number of hydrogen-bond acceptors (Lipinski definition) is 3. The molecule has 1 rings (SSSR count). The SMILES string of the molecule is COCC(C)N(C)C(=O)Cc1ccccc1C(=O)O. The predicted molar refractivity (Wildman–Crippen MR) is 71.2 cm³/mol. The zero-order valence-corrected chi connectivity index (χ0v) is 11.4. The highest BCUT2D eigenvalue weighted by Gasteiger charge is 2.18. The van der Waals surface area contributed by atoms with E-state index in [0.29, 0.717) is 12.2 Å². The Bertz CT molecular complexity index is 459. The Morgan fingerprint density at radius 1 is 1.37 bits per heavy atom. The van der Waals surface area contributed by atoms with Gasteiger partial charge in [-0.25, -0.2) is 4.79 Å². The minimum atomic E-state index is -1.02. The molecular weight excluding hydrogens is 246 g/mol. The quantitative estimate of drug-likeness (QED) is 0.844. The van der Waals surface area contributed by atoms with Crippen LogP contribution < -0.4 is 0 Å². The maximum absolute atomic E-state index is 12.1. The van der Waals surface area contributed by atoms with Gasteiger partial charge in [-0.15, -0.1) is 0 Å². The van der Waals surface area contributed by atoms with E-state index in [1.165, 1.54) is 6.07 Å². The van der Waals surface area contributed by atoms with Gasteiger partial charge in [0, 0.05) is 14.2 Å². The van der Waals surface area contributed by atoms with Gasteiger partial charge in [0.2, 0.25) is 5.91 Å². The van der Waals surface area contributed by atoms with Gasteiger partial charge in [-0.3, -0.25) is 4.79 Å². The minimum absolute atomic E-state index is 0.0468. The summed E-state index contributed by atoms with van der Waals surface area (Å²) in [5, 5.41) is 9.07. The Balaban J connectivity index is 2.80. The number of hydrogen-bond donors (Lipinski definition) is 1. The minimum Gasteiger partial charge on any atom is -0.478 e. The van der Waals surface area contributed by atoms with E-state index in [1.807, 2.05) is 6.92 Å². The zero-order valence-electron chi connectivity index (χ0n) is 11.4. The molecule has 1 atom stereocenters. The van der Waals surface area contributed by atoms with Gasteiger partial charge in [0.1, 0.15) is 0 Å². The van der Waals surface area contributed by atoms with Crippen molar-refractivity contribution in [1.29, 1.82) is 0 Å². The summed E-state index contributed by atoms with van der Waals surface area (Å²) in [7, 11) is 3.27. The third-order valence-electron chi connectivity index (χ3n) is 3.05. The van der Waals surface area contributed by atoms with E-state index in [1.54, 1.807) is 37.3 Å². The van der Waals surface area contributed by atoms with Gasteiger partial charge in [-0.05, 0) is 18.6 Å². The number of ether oxygens (including phenoxy) is 1. The van der Waals surface area contributed by atoms with Crippen molar-refractivity contribution in [1.82, 2.24) is 4.90 Å². The molecule has 1 aromatic carbocycles. The van der Waals surface area contributed by atoms with Gasteiger partial charge in [-0.2, -0.15) is 0 Å². The molecule has 104 valence electrons. The second kappa shape index (κ2) is 6.89. The fourth-order valence-electron chi connectivity index (χ4n) is 1.77. The van der Waals surface area contributed by atoms with Crippen molar-refractivity contribution in [2.45, 2.75) is 19.4 Å². The van der Waals surface area contributed by atoms with E-state index in [0.717, 1.165) is 0 Å². The first-order valence-electron chi connectivity index (χ1n) is 6.03. The summed E-state index contributed by atoms with van der Waals surface area (Å²) in [6, 6.07) is 6.50. The van der Waals surface area contributed by atoms with Gasteiger partial charge in [0.25, 0.3) is 0 Å². The van der Waals surface area contributed by atoms with Crippen LogP contribution in [-0.4, -0.2) is 48.7 Å². The maximum Gasteiger partial charge on any atom is 0.335 e. The molecule has 0 aliphatic carbocycles. The molecule has 5 heteroatoms. The molecule has 1 aromatic rings. The lowest BCUT2D eigenvalue weighted by Crippen LogP contribution is -2.38. The van der Waals surface area contributed by atoms with Crippen molar-refractivity contribution in [3.05, 3.63) is 35.4 Å². The second-order valence-electron chi connectivity index (χ2n) is 4.45. The molecule has 0 saturated heterocycles. The standard InChI is InChI=1S/C14H19NO4/c1-10(9-19-3)15(2)13(16)8-11-6-4-5-7-12(11)14(17)18/h4-7,10H,8-9H2,1-3H3,(H,17,18). The Hall–Kier alpha value is -1.88. The molecule has 0 aromatic heterocycles. The lowest BCUT2D eigenvalue weighted by molar-refractivity contribution is -0.131. The number of amides is 1. The van der Waals surface area contributed by atoms with Crippen molar-refractivity contribution in [2.24, 2.45) is 0 Å². The normalized spacial score (nSPS) is 11.9. The van der Waals surface area contributed by atoms with Crippen molar-refractivity contribution >= 4 is 11.9 Å². The lowest BCUT2D eigenvalue weighted by Gasteiger charge is -2.24. The first kappa shape index (κ1) is 15.2. The van der Waals surface area contributed by atoms with E-state index in [2.05, 4.69) is 0 Å². The topological polar surface area (TPSA) is 66.8 Å². The number of rotatable bonds is 6. The third kappa shape index (κ3) is 4.06. The van der Waals surface area contributed by atoms with Gasteiger partial charge < -0.3 is 14.7 Å². The summed E-state index contributed by atoms with van der Waals surface area (Å²) in [4.78, 5) is 24.7. The number of nitrogens with zero attached hydrogens (tertiary/aromatic N) is 1. The number of methoxy groups -OCH3 is 1. The van der Waals surface area contributed by atoms with Crippen LogP contribution in [0.3, 0.4) is 0 Å². The van der Waals surface area contributed by atoms with Gasteiger partial charge >= 0.3 is 5.97 Å². The third-order valence-corrected chi connectivity index (χ3v) is 3.05. The summed E-state index contributed by atoms with van der Waals surface area (Å²) >= 11 is 0. The number of likely N-dealkylation sites (N-methyl/N-ethyl adjacent to an activating group) is 1. The van der Waals surface area contributed by atoms with Gasteiger partial charge in [-0.1, -0.05) is 18.2 Å². The highest BCUT2D eigenvalue weighted by atomic mass is 16.5. The molecule has 0 bridgehead atoms. The summed E-state index contributed by atoms with van der Waals surface area (Å²) < 4.78 is 5.00. The van der Waals surface area contributed by atoms with E-state index >= 15 is 0 Å². The van der Waals surface area contributed by atoms with Gasteiger partial charge in [0.05, 0.1) is 24.6 Å². The molecule has 0 aliphatic rings. The second-order valence-corrected chi connectivity index (χ2v) is 4.45. The van der Waals surface area contributed by atoms with Gasteiger partial charge in [0.15, 0.2) is 0 Å². The van der Waals surface area contributed by atoms with Crippen molar-refractivity contribution in [3.8, 4) is 0 Å². The van der Waals surface area contributed by atoms with Crippen LogP contribution in [0.25, 0.3) is 0 Å². The molecule has 1 amide bonds. The molecule has 0 radical (unpaired) electrons. The largest absolute Gasteiger partial charge is 0.478 e. The van der Waals surface area contributed by atoms with Crippen molar-refractivity contribution < 1.29 is 19.4 Å². The fourth-order valence-corrected chi connectivity index (χ4v) is 1.77. The number of carbonyl (C=O) groups excluding carboxylic acids is 1. The summed E-state index contributed by atoms with van der Waals surface area (Å²) in [5.41, 5.74) is 0.695. The van der Waals surface area contributed by atoms with Crippen LogP contribution in [0.4, 0.5) is 0 Å². The molecule has 0 fully saturated rings. The number of aromatic carboxylic acids is 1. The summed E-state index contributed by atoms with van der Waals surface area (Å²) in [6.07, 6.45) is 0.0764. The van der Waals surface area contributed by atoms with Crippen LogP contribution in [0, 0.1) is 0 Å². The zero-order chi connectivity index (χ0) is 14.4. The van der Waals surface area contributed by atoms with E-state index in [9.17, 15) is 9.59 Å². The molecule has 0 heterocycles. The van der Waals surface area contributed by atoms with Crippen molar-refractivity contribution in [3.63, 3.8) is 0 Å². The Labute approximate surface area is 112 Å². The average molecular weight is 265 g/mol. The molecule has 0 spiro atoms. The lowest BCUT2D eigenvalue weighted by atomic mass is 10.0. The predicted octanol–water partition coefficient (Wildman–Crippen LogP) is 1.42. The number of carboxylic acids is 1. The molecule has 0 saturated carbocycles. The highest BCUT2D eigenvalue weighted by Crippen LogP contribution is 2.11. The van der Waals surface area contributed by atoms with E-state index in [4.69, 9.17) is 9.84 Å². The van der Waals surface area contributed by atoms with Crippen LogP contribution in [0.15, 0.2) is 24.3 Å². The number of carboxylic acid groups (broad SMARTS) is 1. The first-order valence-corrected chi connectivity index (χ1v) is 6.03. The molecule has 19 heavy (non-hydrogen) atoms. The number of carbonyl (C=O) groups is 2. The fraction of sp³-hybridized carbons (Fsp3) is 0.429. The van der Waals surface area contributed by atoms with Crippen molar-refractivity contribution in [2.75, 3.05) is 20.8 Å². The number of benzene rings is 1. The average Bonchev–Trinajstić information content (AvgIpc) is 2.38. The maximum atomic E-state index is 12.1.